The van der Waals surface area contributed by atoms with Gasteiger partial charge in [0.2, 0.25) is 0 Å². The third-order valence-electron chi connectivity index (χ3n) is 5.95. The predicted molar refractivity (Wildman–Crippen MR) is 129 cm³/mol. The van der Waals surface area contributed by atoms with Gasteiger partial charge in [0.05, 0.1) is 16.6 Å². The largest absolute Gasteiger partial charge is 0.452 e. The lowest BCUT2D eigenvalue weighted by atomic mass is 9.83. The van der Waals surface area contributed by atoms with Gasteiger partial charge in [-0.3, -0.25) is 14.8 Å². The highest BCUT2D eigenvalue weighted by Gasteiger charge is 2.27. The third kappa shape index (κ3) is 4.26. The van der Waals surface area contributed by atoms with Gasteiger partial charge in [0.1, 0.15) is 16.6 Å². The molecule has 0 radical (unpaired) electrons. The van der Waals surface area contributed by atoms with Crippen molar-refractivity contribution in [3.63, 3.8) is 0 Å². The van der Waals surface area contributed by atoms with Gasteiger partial charge in [-0.05, 0) is 48.4 Å². The van der Waals surface area contributed by atoms with Gasteiger partial charge in [0, 0.05) is 17.3 Å². The number of hydrogen-bond donors (Lipinski definition) is 1. The number of ether oxygens (including phenoxy) is 1. The molecule has 2 heterocycles. The molecule has 4 aromatic rings. The smallest absolute Gasteiger partial charge is 0.340 e. The molecule has 168 valence electrons. The van der Waals surface area contributed by atoms with Crippen LogP contribution < -0.4 is 5.32 Å². The summed E-state index contributed by atoms with van der Waals surface area (Å²) < 4.78 is 5.22. The molecule has 1 N–H and O–H groups in total. The zero-order valence-corrected chi connectivity index (χ0v) is 19.0. The molecular weight excluding hydrogens is 448 g/mol. The lowest BCUT2D eigenvalue weighted by molar-refractivity contribution is -0.119. The molecule has 1 aliphatic rings. The van der Waals surface area contributed by atoms with Gasteiger partial charge in [-0.15, -0.1) is 11.3 Å². The van der Waals surface area contributed by atoms with E-state index < -0.39 is 18.5 Å². The average molecular weight is 469 g/mol. The van der Waals surface area contributed by atoms with E-state index in [1.54, 1.807) is 24.4 Å². The molecule has 1 unspecified atom stereocenters. The Morgan fingerprint density at radius 1 is 1.12 bits per heavy atom. The number of fused-ring (bicyclic) bond motifs is 2. The number of para-hydroxylation sites is 1. The molecule has 1 aliphatic carbocycles. The second-order valence-corrected chi connectivity index (χ2v) is 9.13. The molecule has 5 rings (SSSR count). The number of esters is 1. The Balaban J connectivity index is 1.27. The van der Waals surface area contributed by atoms with E-state index in [2.05, 4.69) is 33.5 Å². The Kier molecular flexibility index (Phi) is 6.02. The van der Waals surface area contributed by atoms with Gasteiger partial charge in [-0.2, -0.15) is 5.26 Å². The summed E-state index contributed by atoms with van der Waals surface area (Å²) in [6, 6.07) is 17.6. The van der Waals surface area contributed by atoms with Crippen molar-refractivity contribution in [1.29, 1.82) is 5.26 Å². The minimum atomic E-state index is -0.655. The molecule has 0 saturated heterocycles. The quantitative estimate of drug-likeness (QED) is 0.428. The summed E-state index contributed by atoms with van der Waals surface area (Å²) in [4.78, 5) is 34.6. The van der Waals surface area contributed by atoms with E-state index in [1.165, 1.54) is 23.1 Å². The lowest BCUT2D eigenvalue weighted by Crippen LogP contribution is -2.21. The van der Waals surface area contributed by atoms with Crippen LogP contribution >= 0.6 is 11.3 Å². The third-order valence-corrected chi connectivity index (χ3v) is 7.12. The first-order valence-electron chi connectivity index (χ1n) is 10.9. The normalized spacial score (nSPS) is 14.7. The number of aromatic nitrogens is 2. The first-order valence-corrected chi connectivity index (χ1v) is 11.7. The number of anilines is 1. The zero-order valence-electron chi connectivity index (χ0n) is 18.2. The van der Waals surface area contributed by atoms with Gasteiger partial charge >= 0.3 is 5.97 Å². The molecule has 8 heteroatoms. The lowest BCUT2D eigenvalue weighted by Gasteiger charge is -2.22. The molecule has 1 atom stereocenters. The van der Waals surface area contributed by atoms with E-state index in [1.807, 2.05) is 18.2 Å². The monoisotopic (exact) mass is 468 g/mol. The minimum absolute atomic E-state index is 0.245. The Bertz CT molecular complexity index is 1420. The number of nitrogens with one attached hydrogen (secondary N) is 1. The molecule has 2 aromatic heterocycles. The minimum Gasteiger partial charge on any atom is -0.452 e. The van der Waals surface area contributed by atoms with Crippen LogP contribution in [0.3, 0.4) is 0 Å². The number of carbonyl (C=O) groups excluding carboxylic acids is 2. The number of hydrogen-bond acceptors (Lipinski definition) is 7. The highest BCUT2D eigenvalue weighted by atomic mass is 32.1. The van der Waals surface area contributed by atoms with Crippen molar-refractivity contribution in [2.75, 3.05) is 11.9 Å². The topological polar surface area (TPSA) is 105 Å². The first kappa shape index (κ1) is 21.7. The van der Waals surface area contributed by atoms with Crippen LogP contribution in [0, 0.1) is 11.3 Å². The van der Waals surface area contributed by atoms with Gasteiger partial charge in [-0.1, -0.05) is 36.4 Å². The van der Waals surface area contributed by atoms with Crippen LogP contribution in [0.15, 0.2) is 60.9 Å². The summed E-state index contributed by atoms with van der Waals surface area (Å²) in [7, 11) is 0. The summed E-state index contributed by atoms with van der Waals surface area (Å²) >= 11 is 1.43. The van der Waals surface area contributed by atoms with Crippen molar-refractivity contribution in [3.05, 3.63) is 88.1 Å². The number of thiophene rings is 1. The number of amides is 1. The fourth-order valence-electron chi connectivity index (χ4n) is 4.33. The average Bonchev–Trinajstić information content (AvgIpc) is 3.23. The standard InChI is InChI=1S/C26H20N4O3S/c27-14-20-18-10-9-17(16-5-2-1-3-6-16)13-22(18)34-25(20)30-23(31)15-33-26(32)19-7-4-8-21-24(19)29-12-11-28-21/h1-8,11-12,17H,9-10,13,15H2,(H,30,31). The second kappa shape index (κ2) is 9.41. The van der Waals surface area contributed by atoms with Crippen LogP contribution in [-0.4, -0.2) is 28.5 Å². The SMILES string of the molecule is N#Cc1c(NC(=O)COC(=O)c2cccc3nccnc23)sc2c1CCC(c1ccccc1)C2. The fraction of sp³-hybridized carbons (Fsp3) is 0.192. The van der Waals surface area contributed by atoms with Crippen LogP contribution in [0.5, 0.6) is 0 Å². The molecule has 0 fully saturated rings. The van der Waals surface area contributed by atoms with Crippen LogP contribution in [0.2, 0.25) is 0 Å². The first-order chi connectivity index (χ1) is 16.6. The maximum Gasteiger partial charge on any atom is 0.340 e. The van der Waals surface area contributed by atoms with Crippen LogP contribution in [0.4, 0.5) is 5.00 Å². The Morgan fingerprint density at radius 2 is 1.94 bits per heavy atom. The molecule has 34 heavy (non-hydrogen) atoms. The van der Waals surface area contributed by atoms with Crippen LogP contribution in [0.1, 0.15) is 44.3 Å². The van der Waals surface area contributed by atoms with E-state index in [0.717, 1.165) is 29.7 Å². The van der Waals surface area contributed by atoms with E-state index in [4.69, 9.17) is 4.74 Å². The van der Waals surface area contributed by atoms with E-state index in [9.17, 15) is 14.9 Å². The van der Waals surface area contributed by atoms with Gasteiger partial charge in [0.25, 0.3) is 5.91 Å². The van der Waals surface area contributed by atoms with Crippen LogP contribution in [-0.2, 0) is 22.4 Å². The number of nitriles is 1. The zero-order chi connectivity index (χ0) is 23.5. The van der Waals surface area contributed by atoms with Gasteiger partial charge in [-0.25, -0.2) is 4.79 Å². The maximum absolute atomic E-state index is 12.6. The molecule has 2 aromatic carbocycles. The van der Waals surface area contributed by atoms with Crippen molar-refractivity contribution in [2.45, 2.75) is 25.2 Å². The van der Waals surface area contributed by atoms with E-state index in [-0.39, 0.29) is 5.56 Å². The number of benzene rings is 2. The predicted octanol–water partition coefficient (Wildman–Crippen LogP) is 4.63. The Hall–Kier alpha value is -4.09. The highest BCUT2D eigenvalue weighted by Crippen LogP contribution is 2.42. The van der Waals surface area contributed by atoms with E-state index in [0.29, 0.717) is 27.5 Å². The molecule has 7 nitrogen and oxygen atoms in total. The van der Waals surface area contributed by atoms with Crippen molar-refractivity contribution in [2.24, 2.45) is 0 Å². The Labute approximate surface area is 200 Å². The second-order valence-electron chi connectivity index (χ2n) is 8.02. The van der Waals surface area contributed by atoms with Crippen molar-refractivity contribution in [1.82, 2.24) is 9.97 Å². The number of rotatable bonds is 5. The summed E-state index contributed by atoms with van der Waals surface area (Å²) in [5, 5.41) is 13.0. The summed E-state index contributed by atoms with van der Waals surface area (Å²) in [6.45, 7) is -0.463. The molecule has 1 amide bonds. The van der Waals surface area contributed by atoms with Gasteiger partial charge < -0.3 is 10.1 Å². The Morgan fingerprint density at radius 3 is 2.76 bits per heavy atom. The molecular formula is C26H20N4O3S. The molecule has 0 spiro atoms. The van der Waals surface area contributed by atoms with Crippen molar-refractivity contribution >= 4 is 39.2 Å². The highest BCUT2D eigenvalue weighted by molar-refractivity contribution is 7.16. The van der Waals surface area contributed by atoms with Crippen LogP contribution in [0.25, 0.3) is 11.0 Å². The molecule has 0 aliphatic heterocycles. The van der Waals surface area contributed by atoms with Gasteiger partial charge in [0.15, 0.2) is 6.61 Å². The summed E-state index contributed by atoms with van der Waals surface area (Å²) in [6.07, 6.45) is 5.63. The summed E-state index contributed by atoms with van der Waals surface area (Å²) in [5.74, 6) is -0.750. The molecule has 0 saturated carbocycles. The summed E-state index contributed by atoms with van der Waals surface area (Å²) in [5.41, 5.74) is 4.04. The fourth-order valence-corrected chi connectivity index (χ4v) is 5.62. The molecule has 0 bridgehead atoms. The van der Waals surface area contributed by atoms with Crippen molar-refractivity contribution < 1.29 is 14.3 Å². The number of carbonyl (C=O) groups is 2. The maximum atomic E-state index is 12.6. The number of nitrogens with zero attached hydrogens (tertiary/aromatic N) is 3. The van der Waals surface area contributed by atoms with E-state index >= 15 is 0 Å². The van der Waals surface area contributed by atoms with Crippen molar-refractivity contribution in [3.8, 4) is 6.07 Å².